The molecular weight excluding hydrogens is 161 g/mol. The van der Waals surface area contributed by atoms with Crippen molar-refractivity contribution in [3.05, 3.63) is 6.92 Å². The summed E-state index contributed by atoms with van der Waals surface area (Å²) in [5.74, 6) is 1.52. The van der Waals surface area contributed by atoms with E-state index in [1.54, 1.807) is 0 Å². The summed E-state index contributed by atoms with van der Waals surface area (Å²) < 4.78 is 0. The minimum atomic E-state index is 0. The van der Waals surface area contributed by atoms with E-state index in [9.17, 15) is 0 Å². The molecule has 0 aromatic rings. The Labute approximate surface area is 75.6 Å². The molecular formula is C8H16NV-. The maximum Gasteiger partial charge on any atom is 0 e. The Kier molecular flexibility index (Phi) is 5.51. The van der Waals surface area contributed by atoms with Crippen LogP contribution in [0.25, 0.3) is 0 Å². The van der Waals surface area contributed by atoms with E-state index in [-0.39, 0.29) is 18.6 Å². The minimum absolute atomic E-state index is 0. The fraction of sp³-hybridized carbons (Fsp3) is 0.875. The molecule has 1 fully saturated rings. The van der Waals surface area contributed by atoms with Crippen molar-refractivity contribution in [3.8, 4) is 0 Å². The van der Waals surface area contributed by atoms with Crippen LogP contribution in [0.4, 0.5) is 0 Å². The third-order valence-electron chi connectivity index (χ3n) is 2.30. The van der Waals surface area contributed by atoms with E-state index in [0.717, 1.165) is 12.5 Å². The van der Waals surface area contributed by atoms with Crippen LogP contribution in [0, 0.1) is 18.8 Å². The fourth-order valence-electron chi connectivity index (χ4n) is 1.47. The van der Waals surface area contributed by atoms with Gasteiger partial charge in [-0.25, -0.2) is 0 Å². The van der Waals surface area contributed by atoms with Gasteiger partial charge in [0.1, 0.15) is 0 Å². The second kappa shape index (κ2) is 5.23. The van der Waals surface area contributed by atoms with Gasteiger partial charge in [0.15, 0.2) is 0 Å². The Morgan fingerprint density at radius 1 is 1.20 bits per heavy atom. The molecule has 10 heavy (non-hydrogen) atoms. The molecule has 1 radical (unpaired) electrons. The summed E-state index contributed by atoms with van der Waals surface area (Å²) in [6.07, 6.45) is 5.21. The SMILES string of the molecule is [CH2-]C1CCC(CN)CC1.[V]. The molecule has 1 saturated carbocycles. The second-order valence-corrected chi connectivity index (χ2v) is 3.12. The zero-order chi connectivity index (χ0) is 6.69. The molecule has 2 heteroatoms. The summed E-state index contributed by atoms with van der Waals surface area (Å²) >= 11 is 0. The zero-order valence-electron chi connectivity index (χ0n) is 6.42. The van der Waals surface area contributed by atoms with Crippen molar-refractivity contribution in [1.82, 2.24) is 0 Å². The number of rotatable bonds is 1. The van der Waals surface area contributed by atoms with Crippen molar-refractivity contribution >= 4 is 0 Å². The van der Waals surface area contributed by atoms with Gasteiger partial charge in [0.2, 0.25) is 0 Å². The fourth-order valence-corrected chi connectivity index (χ4v) is 1.47. The maximum atomic E-state index is 5.53. The quantitative estimate of drug-likeness (QED) is 0.604. The van der Waals surface area contributed by atoms with Crippen molar-refractivity contribution in [1.29, 1.82) is 0 Å². The number of hydrogen-bond acceptors (Lipinski definition) is 1. The van der Waals surface area contributed by atoms with Crippen LogP contribution in [0.5, 0.6) is 0 Å². The van der Waals surface area contributed by atoms with Crippen molar-refractivity contribution in [2.24, 2.45) is 17.6 Å². The molecule has 0 amide bonds. The van der Waals surface area contributed by atoms with Gasteiger partial charge in [-0.2, -0.15) is 5.92 Å². The van der Waals surface area contributed by atoms with Crippen LogP contribution in [-0.4, -0.2) is 6.54 Å². The maximum absolute atomic E-state index is 5.53. The molecule has 0 atom stereocenters. The Balaban J connectivity index is 0.000000810. The summed E-state index contributed by atoms with van der Waals surface area (Å²) in [6, 6.07) is 0. The van der Waals surface area contributed by atoms with Crippen LogP contribution < -0.4 is 5.73 Å². The first-order valence-electron chi connectivity index (χ1n) is 3.86. The first kappa shape index (κ1) is 10.5. The van der Waals surface area contributed by atoms with E-state index in [4.69, 9.17) is 5.73 Å². The molecule has 0 aromatic carbocycles. The van der Waals surface area contributed by atoms with Crippen LogP contribution in [-0.2, 0) is 18.6 Å². The average molecular weight is 177 g/mol. The van der Waals surface area contributed by atoms with Crippen LogP contribution in [0.2, 0.25) is 0 Å². The van der Waals surface area contributed by atoms with Crippen molar-refractivity contribution in [2.45, 2.75) is 25.7 Å². The third-order valence-corrected chi connectivity index (χ3v) is 2.30. The van der Waals surface area contributed by atoms with Crippen molar-refractivity contribution in [2.75, 3.05) is 6.54 Å². The Bertz CT molecular complexity index is 77.3. The molecule has 1 aliphatic rings. The van der Waals surface area contributed by atoms with Gasteiger partial charge in [-0.1, -0.05) is 25.7 Å². The molecule has 0 aromatic heterocycles. The summed E-state index contributed by atoms with van der Waals surface area (Å²) in [5.41, 5.74) is 5.53. The molecule has 1 aliphatic carbocycles. The molecule has 0 bridgehead atoms. The molecule has 0 heterocycles. The Morgan fingerprint density at radius 3 is 2.10 bits per heavy atom. The largest absolute Gasteiger partial charge is 0.340 e. The molecule has 1 rings (SSSR count). The van der Waals surface area contributed by atoms with E-state index >= 15 is 0 Å². The normalized spacial score (nSPS) is 33.0. The summed E-state index contributed by atoms with van der Waals surface area (Å²) in [6.45, 7) is 4.91. The molecule has 1 nitrogen and oxygen atoms in total. The van der Waals surface area contributed by atoms with Gasteiger partial charge in [-0.05, 0) is 12.5 Å². The van der Waals surface area contributed by atoms with Gasteiger partial charge in [-0.3, -0.25) is 0 Å². The first-order chi connectivity index (χ1) is 4.33. The molecule has 0 unspecified atom stereocenters. The van der Waals surface area contributed by atoms with Gasteiger partial charge in [0.05, 0.1) is 0 Å². The third kappa shape index (κ3) is 3.09. The standard InChI is InChI=1S/C8H16N.V/c1-7-2-4-8(6-9)5-3-7;/h7-8H,1-6,9H2;/q-1;. The van der Waals surface area contributed by atoms with E-state index in [0.29, 0.717) is 5.92 Å². The first-order valence-corrected chi connectivity index (χ1v) is 3.86. The smallest absolute Gasteiger partial charge is 0 e. The topological polar surface area (TPSA) is 26.0 Å². The van der Waals surface area contributed by atoms with Crippen LogP contribution in [0.1, 0.15) is 25.7 Å². The molecule has 0 spiro atoms. The van der Waals surface area contributed by atoms with Crippen LogP contribution in [0.15, 0.2) is 0 Å². The predicted molar refractivity (Wildman–Crippen MR) is 39.9 cm³/mol. The summed E-state index contributed by atoms with van der Waals surface area (Å²) in [4.78, 5) is 0. The van der Waals surface area contributed by atoms with Crippen molar-refractivity contribution in [3.63, 3.8) is 0 Å². The minimum Gasteiger partial charge on any atom is -0.340 e. The van der Waals surface area contributed by atoms with Gasteiger partial charge in [-0.15, -0.1) is 0 Å². The van der Waals surface area contributed by atoms with Gasteiger partial charge >= 0.3 is 0 Å². The average Bonchev–Trinajstić information content (AvgIpc) is 1.90. The second-order valence-electron chi connectivity index (χ2n) is 3.12. The predicted octanol–water partition coefficient (Wildman–Crippen LogP) is 1.58. The summed E-state index contributed by atoms with van der Waals surface area (Å²) in [7, 11) is 0. The zero-order valence-corrected chi connectivity index (χ0v) is 7.82. The van der Waals surface area contributed by atoms with E-state index in [1.807, 2.05) is 0 Å². The summed E-state index contributed by atoms with van der Waals surface area (Å²) in [5, 5.41) is 0. The molecule has 0 saturated heterocycles. The van der Waals surface area contributed by atoms with E-state index < -0.39 is 0 Å². The molecule has 0 aliphatic heterocycles. The monoisotopic (exact) mass is 177 g/mol. The van der Waals surface area contributed by atoms with Gasteiger partial charge < -0.3 is 12.7 Å². The Morgan fingerprint density at radius 2 is 1.70 bits per heavy atom. The van der Waals surface area contributed by atoms with Crippen LogP contribution >= 0.6 is 0 Å². The van der Waals surface area contributed by atoms with Gasteiger partial charge in [0.25, 0.3) is 0 Å². The van der Waals surface area contributed by atoms with Crippen LogP contribution in [0.3, 0.4) is 0 Å². The van der Waals surface area contributed by atoms with E-state index in [1.165, 1.54) is 25.7 Å². The van der Waals surface area contributed by atoms with E-state index in [2.05, 4.69) is 6.92 Å². The van der Waals surface area contributed by atoms with Crippen molar-refractivity contribution < 1.29 is 18.6 Å². The number of hydrogen-bond donors (Lipinski definition) is 1. The Hall–Kier alpha value is 0.544. The van der Waals surface area contributed by atoms with Gasteiger partial charge in [0, 0.05) is 18.6 Å². The number of nitrogens with two attached hydrogens (primary N) is 1. The molecule has 59 valence electrons. The molecule has 2 N–H and O–H groups in total.